The number of hydrogen-bond acceptors (Lipinski definition) is 4. The minimum Gasteiger partial charge on any atom is -0.496 e. The lowest BCUT2D eigenvalue weighted by Crippen LogP contribution is -2.16. The zero-order chi connectivity index (χ0) is 21.3. The average molecular weight is 416 g/mol. The highest BCUT2D eigenvalue weighted by Crippen LogP contribution is 2.39. The molecule has 5 nitrogen and oxygen atoms in total. The Hall–Kier alpha value is -3.29. The van der Waals surface area contributed by atoms with Crippen LogP contribution in [0.2, 0.25) is 0 Å². The molecule has 0 bridgehead atoms. The molecule has 1 atom stereocenters. The second kappa shape index (κ2) is 7.85. The Morgan fingerprint density at radius 1 is 1.13 bits per heavy atom. The molecule has 1 aliphatic heterocycles. The number of fused-ring (bicyclic) bond motifs is 1. The largest absolute Gasteiger partial charge is 0.496 e. The van der Waals surface area contributed by atoms with Crippen molar-refractivity contribution in [2.75, 3.05) is 20.3 Å². The van der Waals surface area contributed by atoms with E-state index in [2.05, 4.69) is 10.3 Å². The molecule has 3 aromatic rings. The summed E-state index contributed by atoms with van der Waals surface area (Å²) < 4.78 is 50.5. The Labute approximate surface area is 170 Å². The van der Waals surface area contributed by atoms with Crippen molar-refractivity contribution in [2.45, 2.75) is 12.6 Å². The molecule has 0 saturated carbocycles. The molecule has 0 spiro atoms. The van der Waals surface area contributed by atoms with Crippen LogP contribution in [0.4, 0.5) is 13.2 Å². The van der Waals surface area contributed by atoms with Gasteiger partial charge in [-0.15, -0.1) is 0 Å². The van der Waals surface area contributed by atoms with Gasteiger partial charge in [0.2, 0.25) is 5.91 Å². The summed E-state index contributed by atoms with van der Waals surface area (Å²) in [7, 11) is 1.21. The number of alkyl halides is 3. The first-order valence-corrected chi connectivity index (χ1v) is 9.39. The van der Waals surface area contributed by atoms with E-state index in [0.717, 1.165) is 11.5 Å². The Bertz CT molecular complexity index is 1100. The van der Waals surface area contributed by atoms with Gasteiger partial charge >= 0.3 is 6.18 Å². The minimum atomic E-state index is -4.50. The molecule has 8 heteroatoms. The average Bonchev–Trinajstić information content (AvgIpc) is 3.15. The SMILES string of the molecule is COc1cc(-c2cc(OCC3CNC(=O)C3)c3cccnc3c2)ccc1C(F)(F)F. The minimum absolute atomic E-state index is 0.000671. The fourth-order valence-corrected chi connectivity index (χ4v) is 3.53. The van der Waals surface area contributed by atoms with Crippen LogP contribution in [-0.2, 0) is 11.0 Å². The first-order valence-electron chi connectivity index (χ1n) is 9.39. The van der Waals surface area contributed by atoms with Gasteiger partial charge in [-0.25, -0.2) is 0 Å². The van der Waals surface area contributed by atoms with Crippen LogP contribution in [0, 0.1) is 5.92 Å². The van der Waals surface area contributed by atoms with Crippen molar-refractivity contribution in [3.63, 3.8) is 0 Å². The van der Waals surface area contributed by atoms with Crippen LogP contribution in [-0.4, -0.2) is 31.2 Å². The molecule has 1 amide bonds. The molecule has 4 rings (SSSR count). The number of carbonyl (C=O) groups excluding carboxylic acids is 1. The molecule has 1 N–H and O–H groups in total. The predicted octanol–water partition coefficient (Wildman–Crippen LogP) is 4.44. The number of ether oxygens (including phenoxy) is 2. The van der Waals surface area contributed by atoms with Crippen molar-refractivity contribution in [1.29, 1.82) is 0 Å². The van der Waals surface area contributed by atoms with Crippen molar-refractivity contribution >= 4 is 16.8 Å². The number of pyridine rings is 1. The van der Waals surface area contributed by atoms with Gasteiger partial charge in [0.15, 0.2) is 0 Å². The van der Waals surface area contributed by atoms with Gasteiger partial charge in [-0.1, -0.05) is 6.07 Å². The molecule has 2 aromatic carbocycles. The number of rotatable bonds is 5. The number of methoxy groups -OCH3 is 1. The van der Waals surface area contributed by atoms with Crippen LogP contribution in [0.1, 0.15) is 12.0 Å². The molecule has 2 heterocycles. The van der Waals surface area contributed by atoms with Crippen molar-refractivity contribution in [3.8, 4) is 22.6 Å². The fraction of sp³-hybridized carbons (Fsp3) is 0.273. The predicted molar refractivity (Wildman–Crippen MR) is 105 cm³/mol. The van der Waals surface area contributed by atoms with Crippen LogP contribution in [0.25, 0.3) is 22.0 Å². The number of halogens is 3. The lowest BCUT2D eigenvalue weighted by Gasteiger charge is -2.16. The quantitative estimate of drug-likeness (QED) is 0.668. The van der Waals surface area contributed by atoms with Gasteiger partial charge in [0, 0.05) is 30.5 Å². The first kappa shape index (κ1) is 20.0. The first-order chi connectivity index (χ1) is 14.3. The zero-order valence-electron chi connectivity index (χ0n) is 16.1. The number of benzene rings is 2. The summed E-state index contributed by atoms with van der Waals surface area (Å²) in [6, 6.07) is 11.0. The normalized spacial score (nSPS) is 16.5. The van der Waals surface area contributed by atoms with Crippen LogP contribution < -0.4 is 14.8 Å². The number of aromatic nitrogens is 1. The van der Waals surface area contributed by atoms with E-state index in [1.165, 1.54) is 19.2 Å². The van der Waals surface area contributed by atoms with E-state index < -0.39 is 11.7 Å². The smallest absolute Gasteiger partial charge is 0.419 e. The van der Waals surface area contributed by atoms with Gasteiger partial charge in [-0.05, 0) is 47.5 Å². The van der Waals surface area contributed by atoms with Gasteiger partial charge in [-0.2, -0.15) is 13.2 Å². The summed E-state index contributed by atoms with van der Waals surface area (Å²) in [4.78, 5) is 15.8. The number of carbonyl (C=O) groups is 1. The molecule has 0 radical (unpaired) electrons. The van der Waals surface area contributed by atoms with Crippen molar-refractivity contribution in [3.05, 3.63) is 54.2 Å². The third-order valence-electron chi connectivity index (χ3n) is 5.06. The highest BCUT2D eigenvalue weighted by atomic mass is 19.4. The molecule has 1 fully saturated rings. The van der Waals surface area contributed by atoms with Crippen LogP contribution in [0.15, 0.2) is 48.7 Å². The maximum Gasteiger partial charge on any atom is 0.419 e. The number of hydrogen-bond donors (Lipinski definition) is 1. The lowest BCUT2D eigenvalue weighted by atomic mass is 10.0. The summed E-state index contributed by atoms with van der Waals surface area (Å²) in [6.45, 7) is 0.910. The van der Waals surface area contributed by atoms with E-state index >= 15 is 0 Å². The Balaban J connectivity index is 1.72. The lowest BCUT2D eigenvalue weighted by molar-refractivity contribution is -0.138. The summed E-state index contributed by atoms with van der Waals surface area (Å²) in [5.41, 5.74) is 1.03. The van der Waals surface area contributed by atoms with Crippen LogP contribution in [0.3, 0.4) is 0 Å². The third kappa shape index (κ3) is 4.03. The zero-order valence-corrected chi connectivity index (χ0v) is 16.1. The topological polar surface area (TPSA) is 60.5 Å². The standard InChI is InChI=1S/C22H19F3N2O3/c1-29-20-9-14(4-5-17(20)22(23,24)25)15-8-18-16(3-2-6-26-18)19(10-15)30-12-13-7-21(28)27-11-13/h2-6,8-10,13H,7,11-12H2,1H3,(H,27,28). The number of nitrogens with one attached hydrogen (secondary N) is 1. The van der Waals surface area contributed by atoms with Gasteiger partial charge in [0.05, 0.1) is 24.8 Å². The van der Waals surface area contributed by atoms with Crippen LogP contribution >= 0.6 is 0 Å². The number of amides is 1. The van der Waals surface area contributed by atoms with Crippen LogP contribution in [0.5, 0.6) is 11.5 Å². The Kier molecular flexibility index (Phi) is 5.24. The molecule has 0 aliphatic carbocycles. The maximum atomic E-state index is 13.2. The monoisotopic (exact) mass is 416 g/mol. The molecule has 1 aliphatic rings. The van der Waals surface area contributed by atoms with E-state index in [1.807, 2.05) is 6.07 Å². The second-order valence-electron chi connectivity index (χ2n) is 7.14. The second-order valence-corrected chi connectivity index (χ2v) is 7.14. The van der Waals surface area contributed by atoms with E-state index in [0.29, 0.717) is 42.0 Å². The maximum absolute atomic E-state index is 13.2. The Morgan fingerprint density at radius 2 is 1.93 bits per heavy atom. The van der Waals surface area contributed by atoms with Gasteiger partial charge in [0.1, 0.15) is 11.5 Å². The van der Waals surface area contributed by atoms with E-state index in [-0.39, 0.29) is 17.6 Å². The van der Waals surface area contributed by atoms with Crippen molar-refractivity contribution in [1.82, 2.24) is 10.3 Å². The molecule has 156 valence electrons. The molecular formula is C22H19F3N2O3. The van der Waals surface area contributed by atoms with E-state index in [9.17, 15) is 18.0 Å². The third-order valence-corrected chi connectivity index (χ3v) is 5.06. The van der Waals surface area contributed by atoms with E-state index in [4.69, 9.17) is 9.47 Å². The van der Waals surface area contributed by atoms with Gasteiger partial charge in [0.25, 0.3) is 0 Å². The fourth-order valence-electron chi connectivity index (χ4n) is 3.53. The van der Waals surface area contributed by atoms with E-state index in [1.54, 1.807) is 24.4 Å². The Morgan fingerprint density at radius 3 is 2.63 bits per heavy atom. The molecule has 1 saturated heterocycles. The van der Waals surface area contributed by atoms with Gasteiger partial charge in [-0.3, -0.25) is 9.78 Å². The van der Waals surface area contributed by atoms with Crippen molar-refractivity contribution < 1.29 is 27.4 Å². The molecule has 1 unspecified atom stereocenters. The summed E-state index contributed by atoms with van der Waals surface area (Å²) in [5.74, 6) is 0.382. The molecule has 30 heavy (non-hydrogen) atoms. The molecule has 1 aromatic heterocycles. The number of nitrogens with zero attached hydrogens (tertiary/aromatic N) is 1. The summed E-state index contributed by atoms with van der Waals surface area (Å²) >= 11 is 0. The molecular weight excluding hydrogens is 397 g/mol. The van der Waals surface area contributed by atoms with Crippen molar-refractivity contribution in [2.24, 2.45) is 5.92 Å². The summed E-state index contributed by atoms with van der Waals surface area (Å²) in [6.07, 6.45) is -2.45. The highest BCUT2D eigenvalue weighted by Gasteiger charge is 2.34. The summed E-state index contributed by atoms with van der Waals surface area (Å²) in [5, 5.41) is 3.56. The highest BCUT2D eigenvalue weighted by molar-refractivity contribution is 5.90. The van der Waals surface area contributed by atoms with Gasteiger partial charge < -0.3 is 14.8 Å².